The Morgan fingerprint density at radius 2 is 1.97 bits per heavy atom. The van der Waals surface area contributed by atoms with E-state index in [0.717, 1.165) is 4.47 Å². The Hall–Kier alpha value is -3.50. The number of aromatic hydroxyl groups is 1. The van der Waals surface area contributed by atoms with Gasteiger partial charge in [-0.25, -0.2) is 4.39 Å². The summed E-state index contributed by atoms with van der Waals surface area (Å²) in [5.41, 5.74) is 8.29. The summed E-state index contributed by atoms with van der Waals surface area (Å²) < 4.78 is 25.9. The molecule has 4 rings (SSSR count). The van der Waals surface area contributed by atoms with Gasteiger partial charge in [-0.2, -0.15) is 5.26 Å². The summed E-state index contributed by atoms with van der Waals surface area (Å²) in [5, 5.41) is 19.6. The fourth-order valence-electron chi connectivity index (χ4n) is 3.43. The van der Waals surface area contributed by atoms with E-state index in [1.165, 1.54) is 24.3 Å². The Kier molecular flexibility index (Phi) is 5.34. The maximum Gasteiger partial charge on any atom is 0.205 e. The number of nitrogens with two attached hydrogens (primary N) is 1. The largest absolute Gasteiger partial charge is 0.508 e. The van der Waals surface area contributed by atoms with Crippen LogP contribution in [0.25, 0.3) is 0 Å². The molecule has 0 aromatic heterocycles. The molecule has 3 aromatic rings. The van der Waals surface area contributed by atoms with E-state index >= 15 is 0 Å². The topological polar surface area (TPSA) is 88.5 Å². The molecule has 1 heterocycles. The monoisotopic (exact) mass is 466 g/mol. The summed E-state index contributed by atoms with van der Waals surface area (Å²) in [6.07, 6.45) is 0. The number of fused-ring (bicyclic) bond motifs is 1. The summed E-state index contributed by atoms with van der Waals surface area (Å²) in [4.78, 5) is 0. The van der Waals surface area contributed by atoms with Gasteiger partial charge in [-0.15, -0.1) is 0 Å². The number of hydrogen-bond donors (Lipinski definition) is 2. The van der Waals surface area contributed by atoms with E-state index < -0.39 is 5.92 Å². The highest BCUT2D eigenvalue weighted by Crippen LogP contribution is 2.46. The van der Waals surface area contributed by atoms with Crippen molar-refractivity contribution >= 4 is 15.9 Å². The summed E-state index contributed by atoms with van der Waals surface area (Å²) in [6, 6.07) is 18.4. The van der Waals surface area contributed by atoms with Crippen LogP contribution in [0.1, 0.15) is 22.6 Å². The first-order chi connectivity index (χ1) is 14.5. The van der Waals surface area contributed by atoms with Crippen molar-refractivity contribution in [2.75, 3.05) is 0 Å². The molecule has 0 amide bonds. The molecule has 7 heteroatoms. The molecule has 0 aliphatic carbocycles. The Morgan fingerprint density at radius 3 is 2.73 bits per heavy atom. The van der Waals surface area contributed by atoms with Gasteiger partial charge < -0.3 is 20.3 Å². The molecule has 0 fully saturated rings. The minimum absolute atomic E-state index is 0.0255. The number of nitrogens with zero attached hydrogens (tertiary/aromatic N) is 1. The van der Waals surface area contributed by atoms with Crippen LogP contribution in [0.15, 0.2) is 76.6 Å². The summed E-state index contributed by atoms with van der Waals surface area (Å²) >= 11 is 3.47. The zero-order chi connectivity index (χ0) is 21.3. The van der Waals surface area contributed by atoms with Gasteiger partial charge in [0.15, 0.2) is 0 Å². The predicted molar refractivity (Wildman–Crippen MR) is 112 cm³/mol. The molecule has 0 radical (unpaired) electrons. The van der Waals surface area contributed by atoms with Crippen LogP contribution in [0.2, 0.25) is 0 Å². The maximum atomic E-state index is 13.5. The standard InChI is InChI=1S/C23H16BrFN2O3/c24-14-4-7-20(29-12-13-2-1-3-15(25)8-13)18(9-14)22-17-6-5-16(28)10-21(17)30-23(27)19(22)11-26/h1-10,22,28H,12,27H2/t22-/m0/s1. The molecule has 150 valence electrons. The Balaban J connectivity index is 1.79. The number of ether oxygens (including phenoxy) is 2. The van der Waals surface area contributed by atoms with Crippen molar-refractivity contribution < 1.29 is 19.0 Å². The minimum atomic E-state index is -0.556. The Morgan fingerprint density at radius 1 is 1.13 bits per heavy atom. The van der Waals surface area contributed by atoms with E-state index in [-0.39, 0.29) is 29.6 Å². The summed E-state index contributed by atoms with van der Waals surface area (Å²) in [5.74, 6) is -0.0113. The molecule has 1 aliphatic rings. The average molecular weight is 467 g/mol. The SMILES string of the molecule is N#CC1=C(N)Oc2cc(O)ccc2[C@H]1c1cc(Br)ccc1OCc1cccc(F)c1. The molecular weight excluding hydrogens is 451 g/mol. The lowest BCUT2D eigenvalue weighted by molar-refractivity contribution is 0.301. The molecule has 5 nitrogen and oxygen atoms in total. The second kappa shape index (κ2) is 8.09. The van der Waals surface area contributed by atoms with Crippen LogP contribution in [0, 0.1) is 17.1 Å². The van der Waals surface area contributed by atoms with Crippen LogP contribution >= 0.6 is 15.9 Å². The molecule has 1 aliphatic heterocycles. The summed E-state index contributed by atoms with van der Waals surface area (Å²) in [7, 11) is 0. The molecule has 3 N–H and O–H groups in total. The normalized spacial score (nSPS) is 15.2. The van der Waals surface area contributed by atoms with Crippen molar-refractivity contribution in [3.8, 4) is 23.3 Å². The molecule has 0 spiro atoms. The first-order valence-corrected chi connectivity index (χ1v) is 9.82. The van der Waals surface area contributed by atoms with Crippen molar-refractivity contribution in [3.63, 3.8) is 0 Å². The molecule has 0 saturated heterocycles. The number of nitriles is 1. The van der Waals surface area contributed by atoms with Crippen LogP contribution in [-0.4, -0.2) is 5.11 Å². The van der Waals surface area contributed by atoms with Gasteiger partial charge >= 0.3 is 0 Å². The quantitative estimate of drug-likeness (QED) is 0.558. The fraction of sp³-hybridized carbons (Fsp3) is 0.0870. The van der Waals surface area contributed by atoms with Gasteiger partial charge in [-0.05, 0) is 42.0 Å². The molecule has 0 bridgehead atoms. The fourth-order valence-corrected chi connectivity index (χ4v) is 3.81. The van der Waals surface area contributed by atoms with Gasteiger partial charge in [-0.1, -0.05) is 34.1 Å². The van der Waals surface area contributed by atoms with E-state index in [2.05, 4.69) is 22.0 Å². The van der Waals surface area contributed by atoms with Crippen LogP contribution in [0.4, 0.5) is 4.39 Å². The molecule has 1 atom stereocenters. The van der Waals surface area contributed by atoms with Gasteiger partial charge in [0.1, 0.15) is 41.3 Å². The van der Waals surface area contributed by atoms with Crippen molar-refractivity contribution in [1.29, 1.82) is 5.26 Å². The third-order valence-corrected chi connectivity index (χ3v) is 5.26. The lowest BCUT2D eigenvalue weighted by Gasteiger charge is -2.28. The molecule has 3 aromatic carbocycles. The highest BCUT2D eigenvalue weighted by molar-refractivity contribution is 9.10. The predicted octanol–water partition coefficient (Wildman–Crippen LogP) is 5.09. The number of allylic oxidation sites excluding steroid dienone is 1. The lowest BCUT2D eigenvalue weighted by Crippen LogP contribution is -2.21. The van der Waals surface area contributed by atoms with Crippen LogP contribution in [-0.2, 0) is 6.61 Å². The first-order valence-electron chi connectivity index (χ1n) is 9.03. The maximum absolute atomic E-state index is 13.5. The minimum Gasteiger partial charge on any atom is -0.508 e. The van der Waals surface area contributed by atoms with Gasteiger partial charge in [0, 0.05) is 21.7 Å². The molecular formula is C23H16BrFN2O3. The van der Waals surface area contributed by atoms with E-state index in [4.69, 9.17) is 15.2 Å². The van der Waals surface area contributed by atoms with E-state index in [1.807, 2.05) is 12.1 Å². The molecule has 30 heavy (non-hydrogen) atoms. The van der Waals surface area contributed by atoms with Crippen molar-refractivity contribution in [1.82, 2.24) is 0 Å². The van der Waals surface area contributed by atoms with Crippen LogP contribution < -0.4 is 15.2 Å². The van der Waals surface area contributed by atoms with Gasteiger partial charge in [0.25, 0.3) is 0 Å². The summed E-state index contributed by atoms with van der Waals surface area (Å²) in [6.45, 7) is 0.152. The van der Waals surface area contributed by atoms with Crippen molar-refractivity contribution in [3.05, 3.63) is 99.1 Å². The van der Waals surface area contributed by atoms with E-state index in [9.17, 15) is 14.8 Å². The van der Waals surface area contributed by atoms with Crippen LogP contribution in [0.3, 0.4) is 0 Å². The molecule has 0 unspecified atom stereocenters. The number of halogens is 2. The average Bonchev–Trinajstić information content (AvgIpc) is 2.71. The van der Waals surface area contributed by atoms with Crippen LogP contribution in [0.5, 0.6) is 17.2 Å². The number of rotatable bonds is 4. The number of phenolic OH excluding ortho intramolecular Hbond substituents is 1. The lowest BCUT2D eigenvalue weighted by atomic mass is 9.83. The highest BCUT2D eigenvalue weighted by atomic mass is 79.9. The second-order valence-corrected chi connectivity index (χ2v) is 7.66. The van der Waals surface area contributed by atoms with Crippen molar-refractivity contribution in [2.45, 2.75) is 12.5 Å². The second-order valence-electron chi connectivity index (χ2n) is 6.75. The third-order valence-electron chi connectivity index (χ3n) is 4.77. The first kappa shape index (κ1) is 19.8. The number of hydrogen-bond acceptors (Lipinski definition) is 5. The van der Waals surface area contributed by atoms with Gasteiger partial charge in [-0.3, -0.25) is 0 Å². The smallest absolute Gasteiger partial charge is 0.205 e. The zero-order valence-electron chi connectivity index (χ0n) is 15.6. The molecule has 0 saturated carbocycles. The number of benzene rings is 3. The van der Waals surface area contributed by atoms with Gasteiger partial charge in [0.05, 0.1) is 5.92 Å². The van der Waals surface area contributed by atoms with E-state index in [1.54, 1.807) is 24.3 Å². The van der Waals surface area contributed by atoms with Crippen molar-refractivity contribution in [2.24, 2.45) is 5.73 Å². The third kappa shape index (κ3) is 3.82. The van der Waals surface area contributed by atoms with Gasteiger partial charge in [0.2, 0.25) is 5.88 Å². The Labute approximate surface area is 180 Å². The number of phenols is 1. The Bertz CT molecular complexity index is 1200. The highest BCUT2D eigenvalue weighted by Gasteiger charge is 2.33. The zero-order valence-corrected chi connectivity index (χ0v) is 17.2. The van der Waals surface area contributed by atoms with E-state index in [0.29, 0.717) is 28.2 Å².